The van der Waals surface area contributed by atoms with Crippen LogP contribution in [0.3, 0.4) is 0 Å². The highest BCUT2D eigenvalue weighted by Gasteiger charge is 2.44. The van der Waals surface area contributed by atoms with Crippen molar-refractivity contribution >= 4 is 21.8 Å². The van der Waals surface area contributed by atoms with Crippen LogP contribution in [-0.2, 0) is 26.0 Å². The number of aliphatic hydroxyl groups is 1. The fourth-order valence-electron chi connectivity index (χ4n) is 3.52. The van der Waals surface area contributed by atoms with Crippen molar-refractivity contribution in [3.63, 3.8) is 0 Å². The topological polar surface area (TPSA) is 161 Å². The normalized spacial score (nSPS) is 21.2. The Labute approximate surface area is 170 Å². The maximum atomic E-state index is 13.4. The number of primary sulfonamides is 1. The van der Waals surface area contributed by atoms with Gasteiger partial charge in [-0.2, -0.15) is 0 Å². The molecule has 12 heteroatoms. The van der Waals surface area contributed by atoms with Crippen molar-refractivity contribution in [1.29, 1.82) is 0 Å². The Morgan fingerprint density at radius 2 is 2.07 bits per heavy atom. The molecule has 0 bridgehead atoms. The van der Waals surface area contributed by atoms with Crippen LogP contribution in [-0.4, -0.2) is 76.7 Å². The average Bonchev–Trinajstić information content (AvgIpc) is 3.18. The lowest BCUT2D eigenvalue weighted by molar-refractivity contribution is -0.144. The van der Waals surface area contributed by atoms with Gasteiger partial charge in [-0.3, -0.25) is 9.59 Å². The third kappa shape index (κ3) is 5.97. The number of aromatic nitrogens is 3. The summed E-state index contributed by atoms with van der Waals surface area (Å²) in [5.74, 6) is -0.825. The van der Waals surface area contributed by atoms with E-state index in [-0.39, 0.29) is 30.5 Å². The molecule has 29 heavy (non-hydrogen) atoms. The molecule has 3 atom stereocenters. The van der Waals surface area contributed by atoms with Gasteiger partial charge in [0.2, 0.25) is 21.8 Å². The number of nitrogens with zero attached hydrogens (tertiary/aromatic N) is 4. The van der Waals surface area contributed by atoms with E-state index in [0.717, 1.165) is 0 Å². The van der Waals surface area contributed by atoms with Crippen molar-refractivity contribution in [3.8, 4) is 0 Å². The maximum Gasteiger partial charge on any atom is 0.248 e. The highest BCUT2D eigenvalue weighted by molar-refractivity contribution is 7.89. The summed E-state index contributed by atoms with van der Waals surface area (Å²) in [6, 6.07) is -1.50. The molecule has 1 saturated heterocycles. The first kappa shape index (κ1) is 23.2. The van der Waals surface area contributed by atoms with Gasteiger partial charge in [0, 0.05) is 26.2 Å². The molecule has 0 radical (unpaired) electrons. The summed E-state index contributed by atoms with van der Waals surface area (Å²) >= 11 is 0. The average molecular weight is 431 g/mol. The molecule has 2 unspecified atom stereocenters. The van der Waals surface area contributed by atoms with E-state index in [4.69, 9.17) is 5.14 Å². The number of carbonyl (C=O) groups is 2. The second-order valence-electron chi connectivity index (χ2n) is 8.44. The molecule has 2 heterocycles. The van der Waals surface area contributed by atoms with Crippen LogP contribution in [0.4, 0.5) is 0 Å². The monoisotopic (exact) mass is 430 g/mol. The zero-order chi connectivity index (χ0) is 22.0. The van der Waals surface area contributed by atoms with E-state index in [1.165, 1.54) is 16.6 Å². The summed E-state index contributed by atoms with van der Waals surface area (Å²) in [5.41, 5.74) is -0.0105. The Hall–Kier alpha value is -2.05. The molecule has 1 aromatic heterocycles. The smallest absolute Gasteiger partial charge is 0.248 e. The number of carbonyl (C=O) groups excluding carboxylic acids is 2. The summed E-state index contributed by atoms with van der Waals surface area (Å²) < 4.78 is 23.6. The number of aryl methyl sites for hydroxylation is 1. The molecule has 0 aromatic carbocycles. The summed E-state index contributed by atoms with van der Waals surface area (Å²) in [7, 11) is -2.06. The quantitative estimate of drug-likeness (QED) is 0.489. The number of hydrogen-bond donors (Lipinski definition) is 3. The van der Waals surface area contributed by atoms with Gasteiger partial charge in [0.25, 0.3) is 0 Å². The molecule has 164 valence electrons. The summed E-state index contributed by atoms with van der Waals surface area (Å²) in [5, 5.41) is 25.7. The second-order valence-corrected chi connectivity index (χ2v) is 10.2. The molecule has 2 amide bonds. The van der Waals surface area contributed by atoms with Gasteiger partial charge in [-0.25, -0.2) is 18.2 Å². The van der Waals surface area contributed by atoms with Crippen LogP contribution in [0.5, 0.6) is 0 Å². The lowest BCUT2D eigenvalue weighted by Crippen LogP contribution is -2.49. The molecule has 1 fully saturated rings. The van der Waals surface area contributed by atoms with Gasteiger partial charge in [-0.1, -0.05) is 26.0 Å². The summed E-state index contributed by atoms with van der Waals surface area (Å²) in [6.45, 7) is 5.69. The molecule has 4 N–H and O–H groups in total. The lowest BCUT2D eigenvalue weighted by Gasteiger charge is -2.34. The van der Waals surface area contributed by atoms with Gasteiger partial charge in [0.15, 0.2) is 0 Å². The molecule has 1 aromatic rings. The van der Waals surface area contributed by atoms with Gasteiger partial charge in [-0.05, 0) is 18.3 Å². The molecule has 11 nitrogen and oxygen atoms in total. The molecule has 1 aliphatic rings. The van der Waals surface area contributed by atoms with Gasteiger partial charge in [0.1, 0.15) is 12.1 Å². The number of likely N-dealkylation sites (tertiary alicyclic amines) is 1. The van der Waals surface area contributed by atoms with Crippen LogP contribution in [0.2, 0.25) is 0 Å². The molecular weight excluding hydrogens is 400 g/mol. The Morgan fingerprint density at radius 1 is 1.41 bits per heavy atom. The largest absolute Gasteiger partial charge is 0.391 e. The summed E-state index contributed by atoms with van der Waals surface area (Å²) in [6.07, 6.45) is 1.66. The fraction of sp³-hybridized carbons (Fsp3) is 0.765. The van der Waals surface area contributed by atoms with Crippen LogP contribution in [0.15, 0.2) is 6.20 Å². The van der Waals surface area contributed by atoms with Crippen LogP contribution >= 0.6 is 0 Å². The third-order valence-corrected chi connectivity index (χ3v) is 5.71. The number of sulfonamides is 1. The Kier molecular flexibility index (Phi) is 7.01. The van der Waals surface area contributed by atoms with E-state index in [1.807, 2.05) is 20.8 Å². The number of nitrogens with two attached hydrogens (primary N) is 1. The van der Waals surface area contributed by atoms with Crippen molar-refractivity contribution in [2.45, 2.75) is 58.2 Å². The minimum Gasteiger partial charge on any atom is -0.391 e. The van der Waals surface area contributed by atoms with Crippen LogP contribution in [0, 0.1) is 5.41 Å². The van der Waals surface area contributed by atoms with Crippen molar-refractivity contribution in [1.82, 2.24) is 25.2 Å². The van der Waals surface area contributed by atoms with Crippen molar-refractivity contribution in [2.24, 2.45) is 10.6 Å². The van der Waals surface area contributed by atoms with Gasteiger partial charge in [0.05, 0.1) is 17.6 Å². The van der Waals surface area contributed by atoms with E-state index in [9.17, 15) is 23.1 Å². The summed E-state index contributed by atoms with van der Waals surface area (Å²) in [4.78, 5) is 26.9. The van der Waals surface area contributed by atoms with Crippen LogP contribution < -0.4 is 10.5 Å². The fourth-order valence-corrected chi connectivity index (χ4v) is 4.07. The first-order valence-electron chi connectivity index (χ1n) is 9.45. The third-order valence-electron chi connectivity index (χ3n) is 4.85. The van der Waals surface area contributed by atoms with E-state index in [1.54, 1.807) is 6.20 Å². The lowest BCUT2D eigenvalue weighted by atomic mass is 9.85. The zero-order valence-corrected chi connectivity index (χ0v) is 18.0. The zero-order valence-electron chi connectivity index (χ0n) is 17.2. The molecule has 2 rings (SSSR count). The Bertz CT molecular complexity index is 847. The Morgan fingerprint density at radius 3 is 2.62 bits per heavy atom. The number of likely N-dealkylation sites (N-methyl/N-ethyl adjacent to an activating group) is 1. The Balaban J connectivity index is 2.24. The van der Waals surface area contributed by atoms with Crippen LogP contribution in [0.25, 0.3) is 0 Å². The number of hydrogen-bond acceptors (Lipinski definition) is 7. The van der Waals surface area contributed by atoms with Crippen LogP contribution in [0.1, 0.15) is 45.3 Å². The number of aliphatic hydroxyl groups excluding tert-OH is 1. The van der Waals surface area contributed by atoms with Crippen molar-refractivity contribution < 1.29 is 23.1 Å². The standard InChI is InChI=1S/C17H30N6O5S/c1-17(2,3)14(16(26)22-10-12(24)8-13(22)15(25)19-4)23-9-11(20-21-23)6-5-7-29(18,27)28/h9,12-14,24H,5-8,10H2,1-4H3,(H,19,25)(H2,18,27,28)/t12?,13-,14?/m1/s1. The van der Waals surface area contributed by atoms with E-state index in [0.29, 0.717) is 18.5 Å². The van der Waals surface area contributed by atoms with Gasteiger partial charge >= 0.3 is 0 Å². The minimum atomic E-state index is -3.55. The number of amides is 2. The number of nitrogens with one attached hydrogen (secondary N) is 1. The highest BCUT2D eigenvalue weighted by Crippen LogP contribution is 2.34. The van der Waals surface area contributed by atoms with Gasteiger partial charge < -0.3 is 15.3 Å². The van der Waals surface area contributed by atoms with Crippen molar-refractivity contribution in [2.75, 3.05) is 19.3 Å². The molecule has 1 aliphatic heterocycles. The highest BCUT2D eigenvalue weighted by atomic mass is 32.2. The first-order chi connectivity index (χ1) is 13.3. The maximum absolute atomic E-state index is 13.4. The van der Waals surface area contributed by atoms with Gasteiger partial charge in [-0.15, -0.1) is 5.10 Å². The van der Waals surface area contributed by atoms with Crippen molar-refractivity contribution in [3.05, 3.63) is 11.9 Å². The second kappa shape index (κ2) is 8.76. The predicted octanol–water partition coefficient (Wildman–Crippen LogP) is -1.21. The first-order valence-corrected chi connectivity index (χ1v) is 11.2. The van der Waals surface area contributed by atoms with E-state index in [2.05, 4.69) is 15.6 Å². The SMILES string of the molecule is CNC(=O)[C@H]1CC(O)CN1C(=O)C(n1cc(CCCS(N)(=O)=O)nn1)C(C)(C)C. The minimum absolute atomic E-state index is 0.0689. The molecule has 0 saturated carbocycles. The number of β-amino-alcohol motifs (C(OH)–C–C–N with tert-alkyl or cyclic N) is 1. The predicted molar refractivity (Wildman–Crippen MR) is 105 cm³/mol. The number of rotatable bonds is 7. The van der Waals surface area contributed by atoms with E-state index < -0.39 is 33.6 Å². The molecular formula is C17H30N6O5S. The van der Waals surface area contributed by atoms with E-state index >= 15 is 0 Å². The molecule has 0 spiro atoms. The molecule has 0 aliphatic carbocycles.